The SMILES string of the molecule is CC(C)C(NC(=O)c1c(F)cccc1F)C(=O)NC1CCN(C(=O)C(C)(C)C)CC1. The molecule has 1 aromatic carbocycles. The first kappa shape index (κ1) is 23.8. The van der Waals surface area contributed by atoms with Crippen LogP contribution in [0.3, 0.4) is 0 Å². The molecule has 30 heavy (non-hydrogen) atoms. The molecule has 1 saturated heterocycles. The number of carbonyl (C=O) groups excluding carboxylic acids is 3. The zero-order valence-electron chi connectivity index (χ0n) is 18.2. The lowest BCUT2D eigenvalue weighted by molar-refractivity contribution is -0.140. The summed E-state index contributed by atoms with van der Waals surface area (Å²) in [5.74, 6) is -3.55. The van der Waals surface area contributed by atoms with Gasteiger partial charge in [-0.2, -0.15) is 0 Å². The number of halogens is 2. The van der Waals surface area contributed by atoms with E-state index in [1.165, 1.54) is 6.07 Å². The predicted molar refractivity (Wildman–Crippen MR) is 110 cm³/mol. The Kier molecular flexibility index (Phi) is 7.55. The fourth-order valence-electron chi connectivity index (χ4n) is 3.46. The second kappa shape index (κ2) is 9.53. The van der Waals surface area contributed by atoms with Crippen LogP contribution in [0.15, 0.2) is 18.2 Å². The van der Waals surface area contributed by atoms with E-state index in [0.29, 0.717) is 25.9 Å². The van der Waals surface area contributed by atoms with Gasteiger partial charge in [-0.3, -0.25) is 14.4 Å². The van der Waals surface area contributed by atoms with Crippen LogP contribution in [0, 0.1) is 23.0 Å². The zero-order valence-corrected chi connectivity index (χ0v) is 18.2. The first-order valence-corrected chi connectivity index (χ1v) is 10.3. The van der Waals surface area contributed by atoms with E-state index < -0.39 is 40.5 Å². The summed E-state index contributed by atoms with van der Waals surface area (Å²) in [5, 5.41) is 5.36. The minimum Gasteiger partial charge on any atom is -0.351 e. The van der Waals surface area contributed by atoms with E-state index in [9.17, 15) is 23.2 Å². The van der Waals surface area contributed by atoms with E-state index in [2.05, 4.69) is 10.6 Å². The molecule has 1 unspecified atom stereocenters. The third-order valence-electron chi connectivity index (χ3n) is 5.20. The molecule has 0 aromatic heterocycles. The van der Waals surface area contributed by atoms with E-state index in [1.54, 1.807) is 18.7 Å². The van der Waals surface area contributed by atoms with Crippen molar-refractivity contribution in [1.29, 1.82) is 0 Å². The van der Waals surface area contributed by atoms with E-state index in [1.807, 2.05) is 20.8 Å². The van der Waals surface area contributed by atoms with E-state index in [4.69, 9.17) is 0 Å². The molecule has 0 saturated carbocycles. The second-order valence-electron chi connectivity index (χ2n) is 9.12. The maximum atomic E-state index is 13.9. The van der Waals surface area contributed by atoms with Crippen LogP contribution in [0.2, 0.25) is 0 Å². The number of nitrogens with zero attached hydrogens (tertiary/aromatic N) is 1. The average Bonchev–Trinajstić information content (AvgIpc) is 2.65. The molecular formula is C22H31F2N3O3. The lowest BCUT2D eigenvalue weighted by Gasteiger charge is -2.36. The summed E-state index contributed by atoms with van der Waals surface area (Å²) < 4.78 is 27.8. The van der Waals surface area contributed by atoms with Crippen LogP contribution in [0.4, 0.5) is 8.78 Å². The van der Waals surface area contributed by atoms with Crippen LogP contribution in [0.5, 0.6) is 0 Å². The first-order valence-electron chi connectivity index (χ1n) is 10.3. The number of benzene rings is 1. The molecule has 1 aliphatic heterocycles. The van der Waals surface area contributed by atoms with Crippen molar-refractivity contribution in [2.24, 2.45) is 11.3 Å². The molecule has 1 aromatic rings. The molecule has 1 heterocycles. The first-order chi connectivity index (χ1) is 13.9. The van der Waals surface area contributed by atoms with Gasteiger partial charge in [-0.15, -0.1) is 0 Å². The minimum absolute atomic E-state index is 0.0755. The van der Waals surface area contributed by atoms with Crippen molar-refractivity contribution in [3.8, 4) is 0 Å². The van der Waals surface area contributed by atoms with Crippen molar-refractivity contribution >= 4 is 17.7 Å². The highest BCUT2D eigenvalue weighted by Gasteiger charge is 2.33. The minimum atomic E-state index is -0.980. The number of rotatable bonds is 5. The molecule has 6 nitrogen and oxygen atoms in total. The lowest BCUT2D eigenvalue weighted by Crippen LogP contribution is -2.55. The molecule has 0 spiro atoms. The second-order valence-corrected chi connectivity index (χ2v) is 9.12. The number of carbonyl (C=O) groups is 3. The molecule has 8 heteroatoms. The van der Waals surface area contributed by atoms with Crippen LogP contribution < -0.4 is 10.6 Å². The molecule has 1 atom stereocenters. The Balaban J connectivity index is 1.98. The maximum absolute atomic E-state index is 13.9. The quantitative estimate of drug-likeness (QED) is 0.765. The molecular weight excluding hydrogens is 392 g/mol. The van der Waals surface area contributed by atoms with Crippen molar-refractivity contribution in [2.75, 3.05) is 13.1 Å². The molecule has 166 valence electrons. The van der Waals surface area contributed by atoms with Crippen molar-refractivity contribution in [1.82, 2.24) is 15.5 Å². The maximum Gasteiger partial charge on any atom is 0.257 e. The number of nitrogens with one attached hydrogen (secondary N) is 2. The van der Waals surface area contributed by atoms with Gasteiger partial charge in [0.1, 0.15) is 23.2 Å². The Hall–Kier alpha value is -2.51. The van der Waals surface area contributed by atoms with E-state index in [0.717, 1.165) is 12.1 Å². The highest BCUT2D eigenvalue weighted by atomic mass is 19.1. The van der Waals surface area contributed by atoms with Gasteiger partial charge in [0.2, 0.25) is 11.8 Å². The van der Waals surface area contributed by atoms with Gasteiger partial charge in [0.25, 0.3) is 5.91 Å². The summed E-state index contributed by atoms with van der Waals surface area (Å²) in [5.41, 5.74) is -1.16. The third-order valence-corrected chi connectivity index (χ3v) is 5.20. The molecule has 3 amide bonds. The van der Waals surface area contributed by atoms with Gasteiger partial charge in [-0.1, -0.05) is 40.7 Å². The number of piperidine rings is 1. The Morgan fingerprint density at radius 1 is 1.07 bits per heavy atom. The smallest absolute Gasteiger partial charge is 0.257 e. The van der Waals surface area contributed by atoms with Crippen LogP contribution >= 0.6 is 0 Å². The standard InChI is InChI=1S/C22H31F2N3O3/c1-13(2)18(26-19(28)17-15(23)7-6-8-16(17)24)20(29)25-14-9-11-27(12-10-14)21(30)22(3,4)5/h6-8,13-14,18H,9-12H2,1-5H3,(H,25,29)(H,26,28). The molecule has 1 aliphatic rings. The normalized spacial score (nSPS) is 16.3. The van der Waals surface area contributed by atoms with E-state index in [-0.39, 0.29) is 17.9 Å². The summed E-state index contributed by atoms with van der Waals surface area (Å²) in [6.07, 6.45) is 1.21. The monoisotopic (exact) mass is 423 g/mol. The highest BCUT2D eigenvalue weighted by Crippen LogP contribution is 2.21. The molecule has 0 aliphatic carbocycles. The fourth-order valence-corrected chi connectivity index (χ4v) is 3.46. The highest BCUT2D eigenvalue weighted by molar-refractivity contribution is 5.98. The number of hydrogen-bond donors (Lipinski definition) is 2. The van der Waals surface area contributed by atoms with Crippen LogP contribution in [-0.2, 0) is 9.59 Å². The van der Waals surface area contributed by atoms with Crippen molar-refractivity contribution < 1.29 is 23.2 Å². The summed E-state index contributed by atoms with van der Waals surface area (Å²) in [6, 6.07) is 2.09. The number of hydrogen-bond acceptors (Lipinski definition) is 3. The van der Waals surface area contributed by atoms with Gasteiger partial charge in [0.05, 0.1) is 0 Å². The van der Waals surface area contributed by atoms with Crippen molar-refractivity contribution in [3.63, 3.8) is 0 Å². The molecule has 0 bridgehead atoms. The molecule has 2 rings (SSSR count). The Labute approximate surface area is 176 Å². The van der Waals surface area contributed by atoms with Crippen LogP contribution in [0.1, 0.15) is 57.8 Å². The Morgan fingerprint density at radius 2 is 1.60 bits per heavy atom. The van der Waals surface area contributed by atoms with Crippen molar-refractivity contribution in [3.05, 3.63) is 35.4 Å². The largest absolute Gasteiger partial charge is 0.351 e. The lowest BCUT2D eigenvalue weighted by atomic mass is 9.92. The van der Waals surface area contributed by atoms with Crippen molar-refractivity contribution in [2.45, 2.75) is 59.5 Å². The molecule has 2 N–H and O–H groups in total. The third kappa shape index (κ3) is 5.77. The summed E-state index contributed by atoms with van der Waals surface area (Å²) >= 11 is 0. The Morgan fingerprint density at radius 3 is 2.07 bits per heavy atom. The molecule has 0 radical (unpaired) electrons. The summed E-state index contributed by atoms with van der Waals surface area (Å²) in [6.45, 7) is 10.2. The van der Waals surface area contributed by atoms with Gasteiger partial charge in [0.15, 0.2) is 0 Å². The van der Waals surface area contributed by atoms with Gasteiger partial charge < -0.3 is 15.5 Å². The van der Waals surface area contributed by atoms with Crippen LogP contribution in [-0.4, -0.2) is 47.8 Å². The van der Waals surface area contributed by atoms with Crippen LogP contribution in [0.25, 0.3) is 0 Å². The summed E-state index contributed by atoms with van der Waals surface area (Å²) in [7, 11) is 0. The topological polar surface area (TPSA) is 78.5 Å². The van der Waals surface area contributed by atoms with Gasteiger partial charge in [-0.05, 0) is 30.9 Å². The average molecular weight is 424 g/mol. The number of likely N-dealkylation sites (tertiary alicyclic amines) is 1. The van der Waals surface area contributed by atoms with Gasteiger partial charge in [0, 0.05) is 24.5 Å². The molecule has 1 fully saturated rings. The zero-order chi connectivity index (χ0) is 22.6. The van der Waals surface area contributed by atoms with E-state index >= 15 is 0 Å². The fraction of sp³-hybridized carbons (Fsp3) is 0.591. The Bertz CT molecular complexity index is 777. The van der Waals surface area contributed by atoms with Gasteiger partial charge >= 0.3 is 0 Å². The number of amides is 3. The van der Waals surface area contributed by atoms with Gasteiger partial charge in [-0.25, -0.2) is 8.78 Å². The predicted octanol–water partition coefficient (Wildman–Crippen LogP) is 2.87. The summed E-state index contributed by atoms with van der Waals surface area (Å²) in [4.78, 5) is 39.3.